The molecule has 0 N–H and O–H groups in total. The van der Waals surface area contributed by atoms with Crippen LogP contribution in [-0.2, 0) is 9.57 Å². The predicted molar refractivity (Wildman–Crippen MR) is 45.1 cm³/mol. The van der Waals surface area contributed by atoms with Crippen LogP contribution in [0.15, 0.2) is 0 Å². The lowest BCUT2D eigenvalue weighted by atomic mass is 10.5. The Morgan fingerprint density at radius 3 is 2.60 bits per heavy atom. The second-order valence-corrected chi connectivity index (χ2v) is 2.98. The molecule has 0 radical (unpaired) electrons. The van der Waals surface area contributed by atoms with E-state index in [1.54, 1.807) is 5.06 Å². The van der Waals surface area contributed by atoms with Crippen LogP contribution in [-0.4, -0.2) is 35.7 Å². The lowest BCUT2D eigenvalue weighted by Crippen LogP contribution is -2.36. The van der Waals surface area contributed by atoms with E-state index in [4.69, 9.17) is 9.57 Å². The molecule has 1 aliphatic heterocycles. The molecule has 0 unspecified atom stereocenters. The molecule has 58 valence electrons. The normalized spacial score (nSPS) is 20.5. The van der Waals surface area contributed by atoms with E-state index < -0.39 is 0 Å². The Labute approximate surface area is 70.6 Å². The minimum Gasteiger partial charge on any atom is -0.387 e. The number of thiol groups is 1. The standard InChI is InChI=1S/C5H9NO2S2/c9-5(10)8-6-1-3-7-4-2-6/h1-4H2,(H,9,10). The molecule has 1 heterocycles. The van der Waals surface area contributed by atoms with E-state index in [0.29, 0.717) is 13.2 Å². The number of nitrogens with zero attached hydrogens (tertiary/aromatic N) is 1. The maximum Gasteiger partial charge on any atom is 0.241 e. The summed E-state index contributed by atoms with van der Waals surface area (Å²) in [5, 5.41) is 1.75. The van der Waals surface area contributed by atoms with Gasteiger partial charge in [0, 0.05) is 0 Å². The predicted octanol–water partition coefficient (Wildman–Crippen LogP) is 0.465. The molecule has 1 saturated heterocycles. The largest absolute Gasteiger partial charge is 0.387 e. The van der Waals surface area contributed by atoms with E-state index in [-0.39, 0.29) is 4.38 Å². The first-order valence-electron chi connectivity index (χ1n) is 3.02. The third-order valence-corrected chi connectivity index (χ3v) is 1.33. The summed E-state index contributed by atoms with van der Waals surface area (Å²) in [5.74, 6) is 0. The Morgan fingerprint density at radius 1 is 1.50 bits per heavy atom. The van der Waals surface area contributed by atoms with Gasteiger partial charge in [-0.25, -0.2) is 0 Å². The number of hydrogen-bond acceptors (Lipinski definition) is 4. The molecule has 1 fully saturated rings. The van der Waals surface area contributed by atoms with Gasteiger partial charge < -0.3 is 9.57 Å². The zero-order valence-electron chi connectivity index (χ0n) is 5.45. The molecule has 1 rings (SSSR count). The van der Waals surface area contributed by atoms with Crippen LogP contribution in [0, 0.1) is 0 Å². The summed E-state index contributed by atoms with van der Waals surface area (Å²) >= 11 is 8.47. The van der Waals surface area contributed by atoms with Crippen LogP contribution < -0.4 is 0 Å². The average Bonchev–Trinajstić information content (AvgIpc) is 1.88. The Balaban J connectivity index is 2.19. The Morgan fingerprint density at radius 2 is 2.10 bits per heavy atom. The first-order chi connectivity index (χ1) is 4.79. The van der Waals surface area contributed by atoms with Gasteiger partial charge in [0.15, 0.2) is 0 Å². The highest BCUT2D eigenvalue weighted by Crippen LogP contribution is 1.99. The molecule has 0 aromatic heterocycles. The summed E-state index contributed by atoms with van der Waals surface area (Å²) in [6.45, 7) is 2.94. The van der Waals surface area contributed by atoms with Crippen molar-refractivity contribution in [3.05, 3.63) is 0 Å². The van der Waals surface area contributed by atoms with Crippen molar-refractivity contribution in [3.8, 4) is 0 Å². The van der Waals surface area contributed by atoms with Gasteiger partial charge in [0.25, 0.3) is 0 Å². The summed E-state index contributed by atoms with van der Waals surface area (Å²) in [6.07, 6.45) is 0. The number of hydroxylamine groups is 2. The lowest BCUT2D eigenvalue weighted by molar-refractivity contribution is -0.124. The minimum absolute atomic E-state index is 0.266. The Hall–Kier alpha value is 0.160. The van der Waals surface area contributed by atoms with Crippen molar-refractivity contribution in [2.75, 3.05) is 26.3 Å². The summed E-state index contributed by atoms with van der Waals surface area (Å²) in [5.41, 5.74) is 0. The van der Waals surface area contributed by atoms with Gasteiger partial charge >= 0.3 is 0 Å². The molecular formula is C5H9NO2S2. The first-order valence-corrected chi connectivity index (χ1v) is 3.88. The molecule has 0 aromatic rings. The SMILES string of the molecule is S=C(S)ON1CCOCC1. The van der Waals surface area contributed by atoms with Gasteiger partial charge in [0.05, 0.1) is 26.3 Å². The second-order valence-electron chi connectivity index (χ2n) is 1.90. The minimum atomic E-state index is 0.266. The molecule has 0 aliphatic carbocycles. The molecule has 0 amide bonds. The highest BCUT2D eigenvalue weighted by Gasteiger charge is 2.11. The number of thiocarbonyl (C=S) groups is 1. The molecule has 0 aromatic carbocycles. The molecule has 1 aliphatic rings. The van der Waals surface area contributed by atoms with E-state index >= 15 is 0 Å². The van der Waals surface area contributed by atoms with E-state index in [0.717, 1.165) is 13.1 Å². The van der Waals surface area contributed by atoms with E-state index in [9.17, 15) is 0 Å². The summed E-state index contributed by atoms with van der Waals surface area (Å²) in [4.78, 5) is 5.04. The zero-order chi connectivity index (χ0) is 7.40. The zero-order valence-corrected chi connectivity index (χ0v) is 7.16. The van der Waals surface area contributed by atoms with E-state index in [1.807, 2.05) is 0 Å². The number of morpholine rings is 1. The van der Waals surface area contributed by atoms with Crippen molar-refractivity contribution in [1.82, 2.24) is 5.06 Å². The molecular weight excluding hydrogens is 170 g/mol. The topological polar surface area (TPSA) is 21.7 Å². The van der Waals surface area contributed by atoms with Crippen LogP contribution in [0.2, 0.25) is 0 Å². The Bertz CT molecular complexity index is 125. The van der Waals surface area contributed by atoms with E-state index in [2.05, 4.69) is 24.8 Å². The lowest BCUT2D eigenvalue weighted by Gasteiger charge is -2.24. The van der Waals surface area contributed by atoms with Gasteiger partial charge in [0.2, 0.25) is 4.38 Å². The molecule has 5 heteroatoms. The maximum absolute atomic E-state index is 5.09. The maximum atomic E-state index is 5.09. The highest BCUT2D eigenvalue weighted by molar-refractivity contribution is 8.10. The van der Waals surface area contributed by atoms with Crippen LogP contribution in [0.3, 0.4) is 0 Å². The highest BCUT2D eigenvalue weighted by atomic mass is 32.1. The summed E-state index contributed by atoms with van der Waals surface area (Å²) < 4.78 is 5.36. The van der Waals surface area contributed by atoms with Crippen LogP contribution >= 0.6 is 24.8 Å². The van der Waals surface area contributed by atoms with Crippen LogP contribution in [0.1, 0.15) is 0 Å². The fraction of sp³-hybridized carbons (Fsp3) is 0.800. The first kappa shape index (κ1) is 8.26. The van der Waals surface area contributed by atoms with Crippen molar-refractivity contribution in [1.29, 1.82) is 0 Å². The van der Waals surface area contributed by atoms with Gasteiger partial charge in [-0.1, -0.05) is 12.6 Å². The molecule has 0 bridgehead atoms. The fourth-order valence-electron chi connectivity index (χ4n) is 0.748. The monoisotopic (exact) mass is 179 g/mol. The molecule has 0 saturated carbocycles. The van der Waals surface area contributed by atoms with Crippen molar-refractivity contribution < 1.29 is 9.57 Å². The van der Waals surface area contributed by atoms with Gasteiger partial charge in [-0.3, -0.25) is 0 Å². The molecule has 3 nitrogen and oxygen atoms in total. The van der Waals surface area contributed by atoms with Crippen molar-refractivity contribution in [2.24, 2.45) is 0 Å². The van der Waals surface area contributed by atoms with E-state index in [1.165, 1.54) is 0 Å². The van der Waals surface area contributed by atoms with Gasteiger partial charge in [-0.15, -0.1) is 5.06 Å². The van der Waals surface area contributed by atoms with Gasteiger partial charge in [-0.05, 0) is 12.2 Å². The van der Waals surface area contributed by atoms with Gasteiger partial charge in [-0.2, -0.15) is 0 Å². The number of rotatable bonds is 1. The quantitative estimate of drug-likeness (QED) is 0.466. The van der Waals surface area contributed by atoms with Gasteiger partial charge in [0.1, 0.15) is 0 Å². The van der Waals surface area contributed by atoms with Crippen LogP contribution in [0.5, 0.6) is 0 Å². The van der Waals surface area contributed by atoms with Crippen molar-refractivity contribution >= 4 is 29.2 Å². The van der Waals surface area contributed by atoms with Crippen molar-refractivity contribution in [3.63, 3.8) is 0 Å². The molecule has 0 atom stereocenters. The second kappa shape index (κ2) is 4.12. The molecule has 10 heavy (non-hydrogen) atoms. The van der Waals surface area contributed by atoms with Crippen molar-refractivity contribution in [2.45, 2.75) is 0 Å². The molecule has 0 spiro atoms. The smallest absolute Gasteiger partial charge is 0.241 e. The van der Waals surface area contributed by atoms with Crippen LogP contribution in [0.4, 0.5) is 0 Å². The third-order valence-electron chi connectivity index (χ3n) is 1.18. The van der Waals surface area contributed by atoms with Crippen LogP contribution in [0.25, 0.3) is 0 Å². The fourth-order valence-corrected chi connectivity index (χ4v) is 0.969. The average molecular weight is 179 g/mol. The number of ether oxygens (including phenoxy) is 1. The Kier molecular flexibility index (Phi) is 3.41. The summed E-state index contributed by atoms with van der Waals surface area (Å²) in [7, 11) is 0. The number of hydrogen-bond donors (Lipinski definition) is 1. The summed E-state index contributed by atoms with van der Waals surface area (Å²) in [6, 6.07) is 0. The third kappa shape index (κ3) is 2.83.